The Morgan fingerprint density at radius 1 is 1.04 bits per heavy atom. The summed E-state index contributed by atoms with van der Waals surface area (Å²) in [6.07, 6.45) is 3.83. The van der Waals surface area contributed by atoms with Gasteiger partial charge in [-0.1, -0.05) is 36.4 Å². The van der Waals surface area contributed by atoms with E-state index in [1.54, 1.807) is 0 Å². The van der Waals surface area contributed by atoms with Gasteiger partial charge >= 0.3 is 0 Å². The molecular formula is C23H32N4. The Hall–Kier alpha value is -1.91. The number of aryl methyl sites for hydroxylation is 2. The molecule has 1 saturated carbocycles. The lowest BCUT2D eigenvalue weighted by Gasteiger charge is -2.32. The van der Waals surface area contributed by atoms with Crippen LogP contribution >= 0.6 is 0 Å². The number of benzene rings is 1. The molecule has 0 unspecified atom stereocenters. The molecule has 2 heterocycles. The van der Waals surface area contributed by atoms with E-state index in [0.717, 1.165) is 30.5 Å². The van der Waals surface area contributed by atoms with Gasteiger partial charge in [0.2, 0.25) is 0 Å². The zero-order chi connectivity index (χ0) is 18.6. The zero-order valence-electron chi connectivity index (χ0n) is 16.6. The van der Waals surface area contributed by atoms with E-state index in [-0.39, 0.29) is 0 Å². The largest absolute Gasteiger partial charge is 0.369 e. The van der Waals surface area contributed by atoms with Crippen molar-refractivity contribution in [3.05, 3.63) is 59.3 Å². The number of likely N-dealkylation sites (tertiary alicyclic amines) is 1. The predicted molar refractivity (Wildman–Crippen MR) is 112 cm³/mol. The second-order valence-corrected chi connectivity index (χ2v) is 8.17. The van der Waals surface area contributed by atoms with Crippen LogP contribution in [0.4, 0.5) is 5.82 Å². The highest BCUT2D eigenvalue weighted by molar-refractivity contribution is 5.38. The first kappa shape index (κ1) is 18.5. The smallest absolute Gasteiger partial charge is 0.126 e. The van der Waals surface area contributed by atoms with Crippen LogP contribution in [-0.4, -0.2) is 48.1 Å². The molecule has 1 aliphatic heterocycles. The molecule has 1 aromatic carbocycles. The Kier molecular flexibility index (Phi) is 5.74. The highest BCUT2D eigenvalue weighted by Crippen LogP contribution is 2.41. The molecule has 2 atom stereocenters. The Balaban J connectivity index is 1.14. The molecule has 4 nitrogen and oxygen atoms in total. The minimum atomic E-state index is 0.689. The Bertz CT molecular complexity index is 737. The van der Waals surface area contributed by atoms with Crippen molar-refractivity contribution in [2.45, 2.75) is 51.1 Å². The van der Waals surface area contributed by atoms with Crippen molar-refractivity contribution in [2.75, 3.05) is 31.5 Å². The monoisotopic (exact) mass is 364 g/mol. The predicted octanol–water partition coefficient (Wildman–Crippen LogP) is 3.72. The summed E-state index contributed by atoms with van der Waals surface area (Å²) >= 11 is 0. The molecule has 4 rings (SSSR count). The van der Waals surface area contributed by atoms with Crippen LogP contribution in [0.1, 0.15) is 42.0 Å². The van der Waals surface area contributed by atoms with Crippen LogP contribution in [-0.2, 0) is 0 Å². The molecule has 1 aliphatic carbocycles. The Morgan fingerprint density at radius 3 is 2.56 bits per heavy atom. The van der Waals surface area contributed by atoms with E-state index < -0.39 is 0 Å². The fourth-order valence-electron chi connectivity index (χ4n) is 4.15. The van der Waals surface area contributed by atoms with Crippen LogP contribution in [0.3, 0.4) is 0 Å². The average Bonchev–Trinajstić information content (AvgIpc) is 3.46. The number of piperidine rings is 1. The summed E-state index contributed by atoms with van der Waals surface area (Å²) in [4.78, 5) is 7.18. The summed E-state index contributed by atoms with van der Waals surface area (Å²) in [5, 5.41) is 7.37. The van der Waals surface area contributed by atoms with Gasteiger partial charge in [-0.25, -0.2) is 4.98 Å². The maximum absolute atomic E-state index is 4.60. The fraction of sp³-hybridized carbons (Fsp3) is 0.522. The molecule has 2 aromatic rings. The lowest BCUT2D eigenvalue weighted by atomic mass is 10.0. The molecule has 0 radical (unpaired) electrons. The summed E-state index contributed by atoms with van der Waals surface area (Å²) in [5.41, 5.74) is 3.86. The second kappa shape index (κ2) is 8.41. The maximum atomic E-state index is 4.60. The van der Waals surface area contributed by atoms with Gasteiger partial charge in [0.15, 0.2) is 0 Å². The summed E-state index contributed by atoms with van der Waals surface area (Å²) in [7, 11) is 0. The quantitative estimate of drug-likeness (QED) is 0.786. The first-order valence-corrected chi connectivity index (χ1v) is 10.4. The Labute approximate surface area is 163 Å². The SMILES string of the molecule is Cc1ccc(NCCN2CCC(N[C@@H]3C[C@H]3c3ccccc3)CC2)nc1C. The van der Waals surface area contributed by atoms with E-state index in [4.69, 9.17) is 0 Å². The van der Waals surface area contributed by atoms with Gasteiger partial charge in [-0.15, -0.1) is 0 Å². The number of anilines is 1. The minimum Gasteiger partial charge on any atom is -0.369 e. The molecule has 1 saturated heterocycles. The lowest BCUT2D eigenvalue weighted by Crippen LogP contribution is -2.44. The summed E-state index contributed by atoms with van der Waals surface area (Å²) < 4.78 is 0. The number of rotatable bonds is 7. The molecular weight excluding hydrogens is 332 g/mol. The number of aromatic nitrogens is 1. The fourth-order valence-corrected chi connectivity index (χ4v) is 4.15. The van der Waals surface area contributed by atoms with Crippen LogP contribution < -0.4 is 10.6 Å². The van der Waals surface area contributed by atoms with Crippen LogP contribution in [0.25, 0.3) is 0 Å². The molecule has 27 heavy (non-hydrogen) atoms. The number of nitrogens with one attached hydrogen (secondary N) is 2. The standard InChI is InChI=1S/C23H32N4/c1-17-8-9-23(25-18(17)2)24-12-15-27-13-10-20(11-14-27)26-22-16-21(22)19-6-4-3-5-7-19/h3-9,20-22,26H,10-16H2,1-2H3,(H,24,25)/t21-,22+/m0/s1. The highest BCUT2D eigenvalue weighted by atomic mass is 15.2. The third kappa shape index (κ3) is 4.88. The third-order valence-electron chi connectivity index (χ3n) is 6.14. The van der Waals surface area contributed by atoms with Crippen LogP contribution in [0, 0.1) is 13.8 Å². The van der Waals surface area contributed by atoms with Crippen molar-refractivity contribution >= 4 is 5.82 Å². The van der Waals surface area contributed by atoms with Gasteiger partial charge in [-0.2, -0.15) is 0 Å². The van der Waals surface area contributed by atoms with Gasteiger partial charge < -0.3 is 15.5 Å². The summed E-state index contributed by atoms with van der Waals surface area (Å²) in [5.74, 6) is 1.73. The highest BCUT2D eigenvalue weighted by Gasteiger charge is 2.39. The van der Waals surface area contributed by atoms with Gasteiger partial charge in [0.1, 0.15) is 5.82 Å². The number of pyridine rings is 1. The average molecular weight is 365 g/mol. The van der Waals surface area contributed by atoms with E-state index >= 15 is 0 Å². The number of hydrogen-bond donors (Lipinski definition) is 2. The molecule has 2 fully saturated rings. The normalized spacial score (nSPS) is 23.3. The summed E-state index contributed by atoms with van der Waals surface area (Å²) in [6.45, 7) is 8.63. The van der Waals surface area contributed by atoms with E-state index in [2.05, 4.69) is 76.8 Å². The van der Waals surface area contributed by atoms with Gasteiger partial charge in [-0.05, 0) is 63.4 Å². The van der Waals surface area contributed by atoms with Crippen molar-refractivity contribution < 1.29 is 0 Å². The molecule has 0 bridgehead atoms. The topological polar surface area (TPSA) is 40.2 Å². The zero-order valence-corrected chi connectivity index (χ0v) is 16.6. The minimum absolute atomic E-state index is 0.689. The molecule has 0 spiro atoms. The van der Waals surface area contributed by atoms with Crippen molar-refractivity contribution in [1.82, 2.24) is 15.2 Å². The maximum Gasteiger partial charge on any atom is 0.126 e. The van der Waals surface area contributed by atoms with E-state index in [0.29, 0.717) is 12.1 Å². The van der Waals surface area contributed by atoms with Gasteiger partial charge in [-0.3, -0.25) is 0 Å². The van der Waals surface area contributed by atoms with Crippen LogP contribution in [0.5, 0.6) is 0 Å². The molecule has 0 amide bonds. The van der Waals surface area contributed by atoms with Crippen molar-refractivity contribution in [3.63, 3.8) is 0 Å². The summed E-state index contributed by atoms with van der Waals surface area (Å²) in [6, 6.07) is 16.6. The molecule has 4 heteroatoms. The number of hydrogen-bond acceptors (Lipinski definition) is 4. The number of nitrogens with zero attached hydrogens (tertiary/aromatic N) is 2. The van der Waals surface area contributed by atoms with Gasteiger partial charge in [0, 0.05) is 36.8 Å². The van der Waals surface area contributed by atoms with Gasteiger partial charge in [0.05, 0.1) is 0 Å². The van der Waals surface area contributed by atoms with E-state index in [9.17, 15) is 0 Å². The lowest BCUT2D eigenvalue weighted by molar-refractivity contribution is 0.203. The molecule has 2 N–H and O–H groups in total. The van der Waals surface area contributed by atoms with Crippen LogP contribution in [0.2, 0.25) is 0 Å². The van der Waals surface area contributed by atoms with Crippen molar-refractivity contribution in [1.29, 1.82) is 0 Å². The van der Waals surface area contributed by atoms with E-state index in [1.807, 2.05) is 0 Å². The molecule has 144 valence electrons. The van der Waals surface area contributed by atoms with Crippen molar-refractivity contribution in [3.8, 4) is 0 Å². The first-order valence-electron chi connectivity index (χ1n) is 10.4. The molecule has 1 aromatic heterocycles. The first-order chi connectivity index (χ1) is 13.2. The molecule has 2 aliphatic rings. The van der Waals surface area contributed by atoms with Gasteiger partial charge in [0.25, 0.3) is 0 Å². The van der Waals surface area contributed by atoms with E-state index in [1.165, 1.54) is 43.5 Å². The Morgan fingerprint density at radius 2 is 1.81 bits per heavy atom. The third-order valence-corrected chi connectivity index (χ3v) is 6.14. The van der Waals surface area contributed by atoms with Crippen molar-refractivity contribution in [2.24, 2.45) is 0 Å². The van der Waals surface area contributed by atoms with Crippen LogP contribution in [0.15, 0.2) is 42.5 Å². The second-order valence-electron chi connectivity index (χ2n) is 8.17.